The number of likely N-dealkylation sites (N-methyl/N-ethyl adjacent to an activating group) is 2. The molecule has 4 nitrogen and oxygen atoms in total. The molecule has 1 unspecified atom stereocenters. The highest BCUT2D eigenvalue weighted by Crippen LogP contribution is 2.09. The van der Waals surface area contributed by atoms with Crippen LogP contribution in [0.3, 0.4) is 0 Å². The molecule has 4 heteroatoms. The summed E-state index contributed by atoms with van der Waals surface area (Å²) in [6, 6.07) is 0.309. The Labute approximate surface area is 92.4 Å². The Morgan fingerprint density at radius 3 is 2.67 bits per heavy atom. The first-order valence-electron chi connectivity index (χ1n) is 5.64. The third kappa shape index (κ3) is 3.47. The molecule has 1 atom stereocenters. The minimum atomic E-state index is -0.476. The molecular formula is C11H23N3O. The smallest absolute Gasteiger partial charge is 0.239 e. The maximum Gasteiger partial charge on any atom is 0.239 e. The molecule has 0 aromatic heterocycles. The van der Waals surface area contributed by atoms with Gasteiger partial charge in [-0.05, 0) is 47.3 Å². The van der Waals surface area contributed by atoms with Crippen molar-refractivity contribution in [3.63, 3.8) is 0 Å². The summed E-state index contributed by atoms with van der Waals surface area (Å²) in [6.45, 7) is 5.90. The number of rotatable bonds is 3. The van der Waals surface area contributed by atoms with E-state index in [0.717, 1.165) is 19.5 Å². The molecule has 1 amide bonds. The summed E-state index contributed by atoms with van der Waals surface area (Å²) < 4.78 is 0. The SMILES string of the molecule is CNC(C)(C)C(=O)NC1CCCN(C)C1. The molecule has 15 heavy (non-hydrogen) atoms. The Morgan fingerprint density at radius 2 is 2.13 bits per heavy atom. The van der Waals surface area contributed by atoms with Crippen LogP contribution in [0.15, 0.2) is 0 Å². The van der Waals surface area contributed by atoms with E-state index >= 15 is 0 Å². The van der Waals surface area contributed by atoms with E-state index in [2.05, 4.69) is 22.6 Å². The summed E-state index contributed by atoms with van der Waals surface area (Å²) in [5.41, 5.74) is -0.476. The molecular weight excluding hydrogens is 190 g/mol. The second-order valence-electron chi connectivity index (χ2n) is 4.95. The molecule has 88 valence electrons. The fourth-order valence-corrected chi connectivity index (χ4v) is 1.76. The Morgan fingerprint density at radius 1 is 1.47 bits per heavy atom. The monoisotopic (exact) mass is 213 g/mol. The number of carbonyl (C=O) groups excluding carboxylic acids is 1. The van der Waals surface area contributed by atoms with E-state index in [1.165, 1.54) is 6.42 Å². The van der Waals surface area contributed by atoms with Gasteiger partial charge in [0.05, 0.1) is 5.54 Å². The lowest BCUT2D eigenvalue weighted by atomic mass is 10.0. The zero-order chi connectivity index (χ0) is 11.5. The van der Waals surface area contributed by atoms with Gasteiger partial charge in [0.25, 0.3) is 0 Å². The average molecular weight is 213 g/mol. The maximum atomic E-state index is 11.9. The molecule has 0 radical (unpaired) electrons. The molecule has 0 saturated carbocycles. The molecule has 1 heterocycles. The molecule has 0 bridgehead atoms. The Balaban J connectivity index is 2.44. The van der Waals surface area contributed by atoms with Gasteiger partial charge in [-0.15, -0.1) is 0 Å². The molecule has 1 rings (SSSR count). The van der Waals surface area contributed by atoms with E-state index in [4.69, 9.17) is 0 Å². The predicted octanol–water partition coefficient (Wildman–Crippen LogP) is 0.195. The van der Waals surface area contributed by atoms with Crippen molar-refractivity contribution in [1.29, 1.82) is 0 Å². The number of hydrogen-bond acceptors (Lipinski definition) is 3. The van der Waals surface area contributed by atoms with Crippen molar-refractivity contribution in [1.82, 2.24) is 15.5 Å². The third-order valence-electron chi connectivity index (χ3n) is 3.15. The van der Waals surface area contributed by atoms with Crippen molar-refractivity contribution in [2.45, 2.75) is 38.3 Å². The first kappa shape index (κ1) is 12.5. The summed E-state index contributed by atoms with van der Waals surface area (Å²) in [4.78, 5) is 14.1. The van der Waals surface area contributed by atoms with Gasteiger partial charge in [-0.25, -0.2) is 0 Å². The van der Waals surface area contributed by atoms with E-state index in [0.29, 0.717) is 6.04 Å². The van der Waals surface area contributed by atoms with Crippen molar-refractivity contribution in [2.75, 3.05) is 27.2 Å². The van der Waals surface area contributed by atoms with Crippen molar-refractivity contribution in [3.05, 3.63) is 0 Å². The Hall–Kier alpha value is -0.610. The number of carbonyl (C=O) groups is 1. The van der Waals surface area contributed by atoms with Gasteiger partial charge in [0.15, 0.2) is 0 Å². The van der Waals surface area contributed by atoms with Gasteiger partial charge in [0.2, 0.25) is 5.91 Å². The van der Waals surface area contributed by atoms with E-state index < -0.39 is 5.54 Å². The van der Waals surface area contributed by atoms with Gasteiger partial charge in [0, 0.05) is 12.6 Å². The highest BCUT2D eigenvalue weighted by Gasteiger charge is 2.28. The molecule has 1 aliphatic heterocycles. The molecule has 1 aliphatic rings. The molecule has 0 aromatic rings. The minimum absolute atomic E-state index is 0.0882. The lowest BCUT2D eigenvalue weighted by Gasteiger charge is -2.33. The van der Waals surface area contributed by atoms with Gasteiger partial charge in [0.1, 0.15) is 0 Å². The van der Waals surface area contributed by atoms with Crippen molar-refractivity contribution in [3.8, 4) is 0 Å². The summed E-state index contributed by atoms with van der Waals surface area (Å²) in [7, 11) is 3.91. The quantitative estimate of drug-likeness (QED) is 0.703. The number of hydrogen-bond donors (Lipinski definition) is 2. The second kappa shape index (κ2) is 4.94. The van der Waals surface area contributed by atoms with E-state index in [1.54, 1.807) is 0 Å². The standard InChI is InChI=1S/C11H23N3O/c1-11(2,12-3)10(15)13-9-6-5-7-14(4)8-9/h9,12H,5-8H2,1-4H3,(H,13,15). The van der Waals surface area contributed by atoms with Gasteiger partial charge in [-0.1, -0.05) is 0 Å². The summed E-state index contributed by atoms with van der Waals surface area (Å²) >= 11 is 0. The van der Waals surface area contributed by atoms with Crippen LogP contribution in [0.25, 0.3) is 0 Å². The van der Waals surface area contributed by atoms with Crippen LogP contribution >= 0.6 is 0 Å². The molecule has 0 aliphatic carbocycles. The average Bonchev–Trinajstić information content (AvgIpc) is 2.17. The lowest BCUT2D eigenvalue weighted by molar-refractivity contribution is -0.127. The lowest BCUT2D eigenvalue weighted by Crippen LogP contribution is -2.56. The highest BCUT2D eigenvalue weighted by molar-refractivity contribution is 5.85. The fourth-order valence-electron chi connectivity index (χ4n) is 1.76. The van der Waals surface area contributed by atoms with Crippen LogP contribution in [-0.4, -0.2) is 49.6 Å². The Kier molecular flexibility index (Phi) is 4.11. The molecule has 1 saturated heterocycles. The zero-order valence-corrected chi connectivity index (χ0v) is 10.3. The summed E-state index contributed by atoms with van der Waals surface area (Å²) in [5.74, 6) is 0.0882. The number of nitrogens with one attached hydrogen (secondary N) is 2. The van der Waals surface area contributed by atoms with Crippen LogP contribution in [0.2, 0.25) is 0 Å². The van der Waals surface area contributed by atoms with E-state index in [-0.39, 0.29) is 5.91 Å². The number of likely N-dealkylation sites (tertiary alicyclic amines) is 1. The van der Waals surface area contributed by atoms with Gasteiger partial charge < -0.3 is 15.5 Å². The van der Waals surface area contributed by atoms with Gasteiger partial charge in [-0.2, -0.15) is 0 Å². The normalized spacial score (nSPS) is 23.9. The summed E-state index contributed by atoms with van der Waals surface area (Å²) in [5, 5.41) is 6.11. The Bertz CT molecular complexity index is 228. The van der Waals surface area contributed by atoms with Crippen molar-refractivity contribution < 1.29 is 4.79 Å². The second-order valence-corrected chi connectivity index (χ2v) is 4.95. The highest BCUT2D eigenvalue weighted by atomic mass is 16.2. The van der Waals surface area contributed by atoms with Crippen LogP contribution in [0.1, 0.15) is 26.7 Å². The van der Waals surface area contributed by atoms with E-state index in [1.807, 2.05) is 20.9 Å². The fraction of sp³-hybridized carbons (Fsp3) is 0.909. The van der Waals surface area contributed by atoms with Crippen LogP contribution in [0, 0.1) is 0 Å². The molecule has 0 aromatic carbocycles. The maximum absolute atomic E-state index is 11.9. The number of amides is 1. The van der Waals surface area contributed by atoms with Crippen LogP contribution in [-0.2, 0) is 4.79 Å². The topological polar surface area (TPSA) is 44.4 Å². The first-order valence-corrected chi connectivity index (χ1v) is 5.64. The number of nitrogens with zero attached hydrogens (tertiary/aromatic N) is 1. The third-order valence-corrected chi connectivity index (χ3v) is 3.15. The largest absolute Gasteiger partial charge is 0.350 e. The molecule has 1 fully saturated rings. The summed E-state index contributed by atoms with van der Waals surface area (Å²) in [6.07, 6.45) is 2.26. The van der Waals surface area contributed by atoms with Gasteiger partial charge in [-0.3, -0.25) is 4.79 Å². The molecule has 2 N–H and O–H groups in total. The van der Waals surface area contributed by atoms with Crippen LogP contribution in [0.4, 0.5) is 0 Å². The van der Waals surface area contributed by atoms with E-state index in [9.17, 15) is 4.79 Å². The first-order chi connectivity index (χ1) is 6.95. The van der Waals surface area contributed by atoms with Crippen LogP contribution in [0.5, 0.6) is 0 Å². The predicted molar refractivity (Wildman–Crippen MR) is 61.8 cm³/mol. The van der Waals surface area contributed by atoms with Crippen molar-refractivity contribution in [2.24, 2.45) is 0 Å². The molecule has 0 spiro atoms. The van der Waals surface area contributed by atoms with Crippen LogP contribution < -0.4 is 10.6 Å². The van der Waals surface area contributed by atoms with Crippen molar-refractivity contribution >= 4 is 5.91 Å². The zero-order valence-electron chi connectivity index (χ0n) is 10.3. The minimum Gasteiger partial charge on any atom is -0.350 e. The van der Waals surface area contributed by atoms with Gasteiger partial charge >= 0.3 is 0 Å². The number of piperidine rings is 1.